The summed E-state index contributed by atoms with van der Waals surface area (Å²) in [7, 11) is -3.81. The van der Waals surface area contributed by atoms with Gasteiger partial charge < -0.3 is 10.2 Å². The predicted molar refractivity (Wildman–Crippen MR) is 103 cm³/mol. The van der Waals surface area contributed by atoms with Crippen LogP contribution in [0, 0.1) is 0 Å². The van der Waals surface area contributed by atoms with Gasteiger partial charge >= 0.3 is 0 Å². The van der Waals surface area contributed by atoms with Crippen LogP contribution in [0.2, 0.25) is 0 Å². The van der Waals surface area contributed by atoms with E-state index in [-0.39, 0.29) is 16.7 Å². The summed E-state index contributed by atoms with van der Waals surface area (Å²) in [6.45, 7) is 2.84. The number of nitrogens with zero attached hydrogens (tertiary/aromatic N) is 1. The lowest BCUT2D eigenvalue weighted by atomic mass is 10.2. The Bertz CT molecular complexity index is 949. The molecule has 1 heterocycles. The number of anilines is 2. The molecular weight excluding hydrogens is 366 g/mol. The second kappa shape index (κ2) is 7.79. The van der Waals surface area contributed by atoms with Crippen LogP contribution in [0.15, 0.2) is 53.4 Å². The summed E-state index contributed by atoms with van der Waals surface area (Å²) in [5.41, 5.74) is 1.30. The van der Waals surface area contributed by atoms with Gasteiger partial charge in [-0.1, -0.05) is 6.07 Å². The maximum absolute atomic E-state index is 12.6. The zero-order valence-electron chi connectivity index (χ0n) is 14.9. The lowest BCUT2D eigenvalue weighted by Crippen LogP contribution is -2.27. The molecule has 0 radical (unpaired) electrons. The van der Waals surface area contributed by atoms with Crippen molar-refractivity contribution in [2.75, 3.05) is 23.1 Å². The van der Waals surface area contributed by atoms with Gasteiger partial charge in [-0.2, -0.15) is 0 Å². The Morgan fingerprint density at radius 3 is 2.26 bits per heavy atom. The maximum atomic E-state index is 12.6. The fourth-order valence-corrected chi connectivity index (χ4v) is 4.00. The molecule has 3 rings (SSSR count). The monoisotopic (exact) mass is 387 g/mol. The van der Waals surface area contributed by atoms with Gasteiger partial charge in [0.1, 0.15) is 0 Å². The van der Waals surface area contributed by atoms with Gasteiger partial charge in [-0.3, -0.25) is 14.3 Å². The Morgan fingerprint density at radius 2 is 1.63 bits per heavy atom. The van der Waals surface area contributed by atoms with Gasteiger partial charge in [0.2, 0.25) is 5.91 Å². The van der Waals surface area contributed by atoms with Crippen LogP contribution in [0.3, 0.4) is 0 Å². The summed E-state index contributed by atoms with van der Waals surface area (Å²) in [5.74, 6) is -0.323. The third kappa shape index (κ3) is 4.65. The fraction of sp³-hybridized carbons (Fsp3) is 0.263. The normalized spacial score (nSPS) is 14.0. The number of nitrogens with one attached hydrogen (secondary N) is 2. The highest BCUT2D eigenvalue weighted by Gasteiger charge is 2.20. The quantitative estimate of drug-likeness (QED) is 0.824. The highest BCUT2D eigenvalue weighted by molar-refractivity contribution is 7.92. The summed E-state index contributed by atoms with van der Waals surface area (Å²) in [5, 5.41) is 2.58. The van der Waals surface area contributed by atoms with Crippen molar-refractivity contribution in [1.29, 1.82) is 0 Å². The van der Waals surface area contributed by atoms with E-state index in [9.17, 15) is 18.0 Å². The van der Waals surface area contributed by atoms with Crippen molar-refractivity contribution in [3.05, 3.63) is 54.1 Å². The molecule has 1 aliphatic heterocycles. The number of sulfonamides is 1. The summed E-state index contributed by atoms with van der Waals surface area (Å²) < 4.78 is 27.7. The number of likely N-dealkylation sites (tertiary alicyclic amines) is 1. The number of rotatable bonds is 5. The molecule has 0 spiro atoms. The molecular formula is C19H21N3O4S. The Labute approximate surface area is 158 Å². The van der Waals surface area contributed by atoms with Crippen LogP contribution in [0.1, 0.15) is 30.1 Å². The molecule has 0 aliphatic carbocycles. The van der Waals surface area contributed by atoms with E-state index in [1.165, 1.54) is 31.2 Å². The Balaban J connectivity index is 1.76. The summed E-state index contributed by atoms with van der Waals surface area (Å²) in [6.07, 6.45) is 1.99. The van der Waals surface area contributed by atoms with Crippen LogP contribution >= 0.6 is 0 Å². The highest BCUT2D eigenvalue weighted by atomic mass is 32.2. The SMILES string of the molecule is CC(=O)Nc1ccc(S(=O)(=O)Nc2cccc(C(=O)N3CCCC3)c2)cc1. The number of amides is 2. The standard InChI is InChI=1S/C19H21N3O4S/c1-14(23)20-16-7-9-18(10-8-16)27(25,26)21-17-6-4-5-15(13-17)19(24)22-11-2-3-12-22/h4-10,13,21H,2-3,11-12H2,1H3,(H,20,23). The summed E-state index contributed by atoms with van der Waals surface area (Å²) in [4.78, 5) is 25.4. The molecule has 1 aliphatic rings. The van der Waals surface area contributed by atoms with Gasteiger partial charge in [0, 0.05) is 37.0 Å². The van der Waals surface area contributed by atoms with E-state index in [1.54, 1.807) is 29.2 Å². The van der Waals surface area contributed by atoms with E-state index >= 15 is 0 Å². The van der Waals surface area contributed by atoms with E-state index in [0.717, 1.165) is 25.9 Å². The van der Waals surface area contributed by atoms with Crippen LogP contribution in [-0.4, -0.2) is 38.2 Å². The average Bonchev–Trinajstić information content (AvgIpc) is 3.15. The zero-order chi connectivity index (χ0) is 19.4. The molecule has 0 atom stereocenters. The van der Waals surface area contributed by atoms with E-state index in [4.69, 9.17) is 0 Å². The molecule has 27 heavy (non-hydrogen) atoms. The lowest BCUT2D eigenvalue weighted by molar-refractivity contribution is -0.114. The van der Waals surface area contributed by atoms with Crippen LogP contribution in [0.25, 0.3) is 0 Å². The minimum Gasteiger partial charge on any atom is -0.339 e. The highest BCUT2D eigenvalue weighted by Crippen LogP contribution is 2.20. The first-order valence-electron chi connectivity index (χ1n) is 8.65. The van der Waals surface area contributed by atoms with Gasteiger partial charge in [0.15, 0.2) is 0 Å². The lowest BCUT2D eigenvalue weighted by Gasteiger charge is -2.16. The zero-order valence-corrected chi connectivity index (χ0v) is 15.8. The number of hydrogen-bond donors (Lipinski definition) is 2. The minimum absolute atomic E-state index is 0.0628. The maximum Gasteiger partial charge on any atom is 0.261 e. The molecule has 2 aromatic rings. The molecule has 2 aromatic carbocycles. The van der Waals surface area contributed by atoms with Crippen molar-refractivity contribution in [3.63, 3.8) is 0 Å². The summed E-state index contributed by atoms with van der Waals surface area (Å²) in [6, 6.07) is 12.3. The Kier molecular flexibility index (Phi) is 5.46. The topological polar surface area (TPSA) is 95.6 Å². The molecule has 2 N–H and O–H groups in total. The second-order valence-electron chi connectivity index (χ2n) is 6.39. The van der Waals surface area contributed by atoms with E-state index < -0.39 is 10.0 Å². The smallest absolute Gasteiger partial charge is 0.261 e. The van der Waals surface area contributed by atoms with E-state index in [1.807, 2.05) is 0 Å². The molecule has 1 fully saturated rings. The van der Waals surface area contributed by atoms with Crippen molar-refractivity contribution in [3.8, 4) is 0 Å². The third-order valence-electron chi connectivity index (χ3n) is 4.24. The average molecular weight is 387 g/mol. The Morgan fingerprint density at radius 1 is 0.963 bits per heavy atom. The van der Waals surface area contributed by atoms with Gasteiger partial charge in [-0.25, -0.2) is 8.42 Å². The molecule has 1 saturated heterocycles. The van der Waals surface area contributed by atoms with Crippen molar-refractivity contribution >= 4 is 33.2 Å². The van der Waals surface area contributed by atoms with Gasteiger partial charge in [0.25, 0.3) is 15.9 Å². The first-order valence-corrected chi connectivity index (χ1v) is 10.1. The number of benzene rings is 2. The number of hydrogen-bond acceptors (Lipinski definition) is 4. The van der Waals surface area contributed by atoms with Crippen molar-refractivity contribution < 1.29 is 18.0 Å². The van der Waals surface area contributed by atoms with Gasteiger partial charge in [-0.05, 0) is 55.3 Å². The van der Waals surface area contributed by atoms with Gasteiger partial charge in [0.05, 0.1) is 4.90 Å². The molecule has 0 aromatic heterocycles. The van der Waals surface area contributed by atoms with Crippen LogP contribution in [0.4, 0.5) is 11.4 Å². The predicted octanol–water partition coefficient (Wildman–Crippen LogP) is 2.68. The molecule has 142 valence electrons. The van der Waals surface area contributed by atoms with Crippen LogP contribution in [-0.2, 0) is 14.8 Å². The molecule has 0 unspecified atom stereocenters. The first-order chi connectivity index (χ1) is 12.8. The van der Waals surface area contributed by atoms with Crippen LogP contribution in [0.5, 0.6) is 0 Å². The number of carbonyl (C=O) groups excluding carboxylic acids is 2. The largest absolute Gasteiger partial charge is 0.339 e. The molecule has 0 saturated carbocycles. The first kappa shape index (κ1) is 18.9. The second-order valence-corrected chi connectivity index (χ2v) is 8.07. The Hall–Kier alpha value is -2.87. The molecule has 0 bridgehead atoms. The minimum atomic E-state index is -3.81. The third-order valence-corrected chi connectivity index (χ3v) is 5.64. The number of carbonyl (C=O) groups is 2. The molecule has 7 nitrogen and oxygen atoms in total. The van der Waals surface area contributed by atoms with E-state index in [0.29, 0.717) is 16.9 Å². The summed E-state index contributed by atoms with van der Waals surface area (Å²) >= 11 is 0. The fourth-order valence-electron chi connectivity index (χ4n) is 2.95. The van der Waals surface area contributed by atoms with E-state index in [2.05, 4.69) is 10.0 Å². The van der Waals surface area contributed by atoms with Crippen molar-refractivity contribution in [1.82, 2.24) is 4.90 Å². The van der Waals surface area contributed by atoms with Gasteiger partial charge in [-0.15, -0.1) is 0 Å². The van der Waals surface area contributed by atoms with Crippen LogP contribution < -0.4 is 10.0 Å². The van der Waals surface area contributed by atoms with Crippen molar-refractivity contribution in [2.45, 2.75) is 24.7 Å². The van der Waals surface area contributed by atoms with Crippen molar-refractivity contribution in [2.24, 2.45) is 0 Å². The molecule has 8 heteroatoms. The molecule has 2 amide bonds.